The molecule has 2 aromatic rings. The molecule has 0 radical (unpaired) electrons. The van der Waals surface area contributed by atoms with Gasteiger partial charge in [0.2, 0.25) is 0 Å². The van der Waals surface area contributed by atoms with Crippen LogP contribution >= 0.6 is 22.9 Å². The first-order valence-corrected chi connectivity index (χ1v) is 7.52. The van der Waals surface area contributed by atoms with Crippen molar-refractivity contribution in [3.05, 3.63) is 51.4 Å². The molecule has 4 nitrogen and oxygen atoms in total. The molecule has 0 spiro atoms. The summed E-state index contributed by atoms with van der Waals surface area (Å²) >= 11 is 7.34. The lowest BCUT2D eigenvalue weighted by Gasteiger charge is -2.06. The Bertz CT molecular complexity index is 681. The van der Waals surface area contributed by atoms with Crippen molar-refractivity contribution in [2.24, 2.45) is 0 Å². The SMILES string of the molecule is COC(=O)CCc1csc(N)c1C(=O)c1ccccc1Cl. The van der Waals surface area contributed by atoms with E-state index in [-0.39, 0.29) is 18.2 Å². The van der Waals surface area contributed by atoms with Gasteiger partial charge in [-0.15, -0.1) is 11.3 Å². The third kappa shape index (κ3) is 3.43. The maximum Gasteiger partial charge on any atom is 0.305 e. The highest BCUT2D eigenvalue weighted by Gasteiger charge is 2.21. The van der Waals surface area contributed by atoms with E-state index in [2.05, 4.69) is 4.74 Å². The number of nitrogens with two attached hydrogens (primary N) is 1. The molecule has 0 saturated carbocycles. The number of ketones is 1. The Morgan fingerprint density at radius 2 is 2.05 bits per heavy atom. The van der Waals surface area contributed by atoms with Gasteiger partial charge in [0.25, 0.3) is 0 Å². The highest BCUT2D eigenvalue weighted by molar-refractivity contribution is 7.14. The van der Waals surface area contributed by atoms with Crippen molar-refractivity contribution in [3.8, 4) is 0 Å². The van der Waals surface area contributed by atoms with Gasteiger partial charge in [-0.3, -0.25) is 9.59 Å². The number of methoxy groups -OCH3 is 1. The highest BCUT2D eigenvalue weighted by Crippen LogP contribution is 2.30. The van der Waals surface area contributed by atoms with Crippen LogP contribution in [0.25, 0.3) is 0 Å². The normalized spacial score (nSPS) is 10.4. The molecule has 1 heterocycles. The Balaban J connectivity index is 2.31. The summed E-state index contributed by atoms with van der Waals surface area (Å²) in [5.74, 6) is -0.546. The first kappa shape index (κ1) is 15.5. The van der Waals surface area contributed by atoms with Crippen molar-refractivity contribution >= 4 is 39.7 Å². The fourth-order valence-corrected chi connectivity index (χ4v) is 3.04. The van der Waals surface area contributed by atoms with Gasteiger partial charge in [-0.2, -0.15) is 0 Å². The number of anilines is 1. The Kier molecular flexibility index (Phi) is 4.98. The Labute approximate surface area is 131 Å². The third-order valence-corrected chi connectivity index (χ3v) is 4.26. The van der Waals surface area contributed by atoms with Crippen LogP contribution in [-0.2, 0) is 16.0 Å². The Hall–Kier alpha value is -1.85. The molecule has 6 heteroatoms. The minimum absolute atomic E-state index is 0.204. The lowest BCUT2D eigenvalue weighted by molar-refractivity contribution is -0.140. The molecule has 0 amide bonds. The van der Waals surface area contributed by atoms with Crippen molar-refractivity contribution in [2.75, 3.05) is 12.8 Å². The molecule has 0 aliphatic carbocycles. The number of carbonyl (C=O) groups is 2. The van der Waals surface area contributed by atoms with Crippen LogP contribution in [0.5, 0.6) is 0 Å². The number of nitrogen functional groups attached to an aromatic ring is 1. The van der Waals surface area contributed by atoms with Gasteiger partial charge in [0.05, 0.1) is 22.7 Å². The minimum Gasteiger partial charge on any atom is -0.469 e. The highest BCUT2D eigenvalue weighted by atomic mass is 35.5. The molecular formula is C15H14ClNO3S. The third-order valence-electron chi connectivity index (χ3n) is 3.07. The van der Waals surface area contributed by atoms with Crippen molar-refractivity contribution < 1.29 is 14.3 Å². The maximum atomic E-state index is 12.6. The second-order valence-corrected chi connectivity index (χ2v) is 5.70. The zero-order chi connectivity index (χ0) is 15.4. The van der Waals surface area contributed by atoms with Gasteiger partial charge in [-0.25, -0.2) is 0 Å². The Morgan fingerprint density at radius 3 is 2.71 bits per heavy atom. The number of thiophene rings is 1. The van der Waals surface area contributed by atoms with E-state index in [0.717, 1.165) is 5.56 Å². The molecule has 0 atom stereocenters. The van der Waals surface area contributed by atoms with Gasteiger partial charge < -0.3 is 10.5 Å². The largest absolute Gasteiger partial charge is 0.469 e. The predicted molar refractivity (Wildman–Crippen MR) is 84.0 cm³/mol. The summed E-state index contributed by atoms with van der Waals surface area (Å²) in [6.45, 7) is 0. The van der Waals surface area contributed by atoms with E-state index in [0.29, 0.717) is 27.6 Å². The molecule has 1 aromatic carbocycles. The second-order valence-electron chi connectivity index (χ2n) is 4.39. The molecule has 0 unspecified atom stereocenters. The number of halogens is 1. The number of aryl methyl sites for hydroxylation is 1. The van der Waals surface area contributed by atoms with E-state index in [1.165, 1.54) is 18.4 Å². The van der Waals surface area contributed by atoms with Crippen LogP contribution < -0.4 is 5.73 Å². The topological polar surface area (TPSA) is 69.4 Å². The van der Waals surface area contributed by atoms with E-state index in [4.69, 9.17) is 17.3 Å². The average molecular weight is 324 g/mol. The second kappa shape index (κ2) is 6.74. The number of carbonyl (C=O) groups excluding carboxylic acids is 2. The van der Waals surface area contributed by atoms with Gasteiger partial charge in [-0.1, -0.05) is 23.7 Å². The van der Waals surface area contributed by atoms with Gasteiger partial charge in [0, 0.05) is 12.0 Å². The van der Waals surface area contributed by atoms with Crippen molar-refractivity contribution in [3.63, 3.8) is 0 Å². The standard InChI is InChI=1S/C15H14ClNO3S/c1-20-12(18)7-6-9-8-21-15(17)13(9)14(19)10-4-2-3-5-11(10)16/h2-5,8H,6-7,17H2,1H3. The van der Waals surface area contributed by atoms with Gasteiger partial charge >= 0.3 is 5.97 Å². The molecule has 2 rings (SSSR count). The molecule has 0 fully saturated rings. The molecule has 0 saturated heterocycles. The van der Waals surface area contributed by atoms with E-state index in [9.17, 15) is 9.59 Å². The van der Waals surface area contributed by atoms with E-state index in [1.807, 2.05) is 0 Å². The zero-order valence-electron chi connectivity index (χ0n) is 11.4. The molecule has 0 aliphatic heterocycles. The van der Waals surface area contributed by atoms with Crippen LogP contribution in [0.15, 0.2) is 29.6 Å². The van der Waals surface area contributed by atoms with Crippen molar-refractivity contribution in [1.82, 2.24) is 0 Å². The summed E-state index contributed by atoms with van der Waals surface area (Å²) in [5.41, 5.74) is 7.48. The number of ether oxygens (including phenoxy) is 1. The number of benzene rings is 1. The van der Waals surface area contributed by atoms with Crippen LogP contribution in [-0.4, -0.2) is 18.9 Å². The lowest BCUT2D eigenvalue weighted by Crippen LogP contribution is -2.08. The summed E-state index contributed by atoms with van der Waals surface area (Å²) in [5, 5.41) is 2.61. The lowest BCUT2D eigenvalue weighted by atomic mass is 9.99. The van der Waals surface area contributed by atoms with Crippen molar-refractivity contribution in [2.45, 2.75) is 12.8 Å². The molecule has 1 aromatic heterocycles. The van der Waals surface area contributed by atoms with Gasteiger partial charge in [0.1, 0.15) is 0 Å². The van der Waals surface area contributed by atoms with Crippen LogP contribution in [0.2, 0.25) is 5.02 Å². The van der Waals surface area contributed by atoms with Crippen LogP contribution in [0.1, 0.15) is 27.9 Å². The number of rotatable bonds is 5. The van der Waals surface area contributed by atoms with Crippen LogP contribution in [0.4, 0.5) is 5.00 Å². The smallest absolute Gasteiger partial charge is 0.305 e. The number of hydrogen-bond donors (Lipinski definition) is 1. The summed E-state index contributed by atoms with van der Waals surface area (Å²) in [7, 11) is 1.33. The van der Waals surface area contributed by atoms with E-state index >= 15 is 0 Å². The average Bonchev–Trinajstić information content (AvgIpc) is 2.85. The predicted octanol–water partition coefficient (Wildman–Crippen LogP) is 3.32. The maximum absolute atomic E-state index is 12.6. The summed E-state index contributed by atoms with van der Waals surface area (Å²) in [4.78, 5) is 23.9. The van der Waals surface area contributed by atoms with E-state index < -0.39 is 0 Å². The first-order chi connectivity index (χ1) is 10.0. The molecular weight excluding hydrogens is 310 g/mol. The van der Waals surface area contributed by atoms with Crippen LogP contribution in [0, 0.1) is 0 Å². The Morgan fingerprint density at radius 1 is 1.33 bits per heavy atom. The zero-order valence-corrected chi connectivity index (χ0v) is 13.0. The van der Waals surface area contributed by atoms with Gasteiger partial charge in [-0.05, 0) is 29.5 Å². The molecule has 0 bridgehead atoms. The number of hydrogen-bond acceptors (Lipinski definition) is 5. The monoisotopic (exact) mass is 323 g/mol. The minimum atomic E-state index is -0.323. The fourth-order valence-electron chi connectivity index (χ4n) is 1.97. The quantitative estimate of drug-likeness (QED) is 0.677. The molecule has 0 aliphatic rings. The van der Waals surface area contributed by atoms with Crippen molar-refractivity contribution in [1.29, 1.82) is 0 Å². The van der Waals surface area contributed by atoms with Crippen LogP contribution in [0.3, 0.4) is 0 Å². The summed E-state index contributed by atoms with van der Waals surface area (Å²) < 4.78 is 4.61. The molecule has 110 valence electrons. The fraction of sp³-hybridized carbons (Fsp3) is 0.200. The van der Waals surface area contributed by atoms with Gasteiger partial charge in [0.15, 0.2) is 5.78 Å². The molecule has 2 N–H and O–H groups in total. The first-order valence-electron chi connectivity index (χ1n) is 6.26. The molecule has 21 heavy (non-hydrogen) atoms. The van der Waals surface area contributed by atoms with E-state index in [1.54, 1.807) is 29.6 Å². The number of esters is 1. The summed E-state index contributed by atoms with van der Waals surface area (Å²) in [6.07, 6.45) is 0.612. The summed E-state index contributed by atoms with van der Waals surface area (Å²) in [6, 6.07) is 6.82.